The Morgan fingerprint density at radius 2 is 1.83 bits per heavy atom. The first kappa shape index (κ1) is 21.4. The van der Waals surface area contributed by atoms with Gasteiger partial charge in [-0.2, -0.15) is 0 Å². The zero-order chi connectivity index (χ0) is 21.1. The molecule has 2 aliphatic rings. The summed E-state index contributed by atoms with van der Waals surface area (Å²) in [7, 11) is 1.63. The summed E-state index contributed by atoms with van der Waals surface area (Å²) in [6.45, 7) is 3.13. The zero-order valence-electron chi connectivity index (χ0n) is 17.8. The smallest absolute Gasteiger partial charge is 0.149 e. The van der Waals surface area contributed by atoms with Crippen molar-refractivity contribution in [3.63, 3.8) is 0 Å². The molecule has 0 bridgehead atoms. The van der Waals surface area contributed by atoms with Gasteiger partial charge >= 0.3 is 0 Å². The van der Waals surface area contributed by atoms with E-state index >= 15 is 4.39 Å². The van der Waals surface area contributed by atoms with Gasteiger partial charge in [0, 0.05) is 17.7 Å². The molecule has 3 atom stereocenters. The van der Waals surface area contributed by atoms with Gasteiger partial charge in [0.05, 0.1) is 18.2 Å². The molecule has 0 spiro atoms. The predicted molar refractivity (Wildman–Crippen MR) is 121 cm³/mol. The molecular formula is C26H30ClFO2. The molecule has 1 heterocycles. The standard InChI is InChI=1S/C26H30ClFO2/c1-3-17-4-15-24(30-16-17)20-7-5-19(6-8-20)23-14-13-22(25(27)26(23)28)18-9-11-21(29-2)12-10-18/h5,9-14,17,20,24H,3-4,6-8,15-16H2,1-2H3. The van der Waals surface area contributed by atoms with Crippen LogP contribution in [-0.2, 0) is 4.74 Å². The molecule has 160 valence electrons. The number of halogens is 2. The third kappa shape index (κ3) is 4.43. The second-order valence-electron chi connectivity index (χ2n) is 8.50. The molecule has 0 aromatic heterocycles. The molecule has 0 amide bonds. The molecule has 0 saturated carbocycles. The van der Waals surface area contributed by atoms with E-state index in [4.69, 9.17) is 21.1 Å². The molecule has 1 aliphatic heterocycles. The summed E-state index contributed by atoms with van der Waals surface area (Å²) in [5, 5.41) is 0.182. The highest BCUT2D eigenvalue weighted by molar-refractivity contribution is 6.33. The van der Waals surface area contributed by atoms with E-state index in [1.54, 1.807) is 7.11 Å². The lowest BCUT2D eigenvalue weighted by atomic mass is 9.80. The first-order valence-electron chi connectivity index (χ1n) is 11.0. The lowest BCUT2D eigenvalue weighted by molar-refractivity contribution is -0.0494. The third-order valence-corrected chi connectivity index (χ3v) is 7.16. The lowest BCUT2D eigenvalue weighted by Crippen LogP contribution is -2.32. The molecule has 2 nitrogen and oxygen atoms in total. The Morgan fingerprint density at radius 3 is 2.43 bits per heavy atom. The van der Waals surface area contributed by atoms with Gasteiger partial charge in [-0.3, -0.25) is 0 Å². The molecule has 1 aliphatic carbocycles. The largest absolute Gasteiger partial charge is 0.497 e. The fourth-order valence-corrected chi connectivity index (χ4v) is 5.02. The van der Waals surface area contributed by atoms with Crippen molar-refractivity contribution in [2.75, 3.05) is 13.7 Å². The molecule has 0 N–H and O–H groups in total. The average molecular weight is 429 g/mol. The van der Waals surface area contributed by atoms with Crippen LogP contribution >= 0.6 is 11.6 Å². The van der Waals surface area contributed by atoms with Crippen LogP contribution in [0.15, 0.2) is 42.5 Å². The molecule has 0 radical (unpaired) electrons. The molecule has 1 fully saturated rings. The van der Waals surface area contributed by atoms with Crippen LogP contribution < -0.4 is 4.74 Å². The van der Waals surface area contributed by atoms with Crippen LogP contribution in [0.3, 0.4) is 0 Å². The topological polar surface area (TPSA) is 18.5 Å². The van der Waals surface area contributed by atoms with Gasteiger partial charge in [-0.1, -0.05) is 55.3 Å². The van der Waals surface area contributed by atoms with Crippen molar-refractivity contribution in [2.45, 2.75) is 51.6 Å². The van der Waals surface area contributed by atoms with Crippen molar-refractivity contribution in [3.05, 3.63) is 58.9 Å². The van der Waals surface area contributed by atoms with E-state index in [1.807, 2.05) is 36.4 Å². The number of rotatable bonds is 5. The SMILES string of the molecule is CCC1CCC(C2CC=C(c3ccc(-c4ccc(OC)cc4)c(Cl)c3F)CC2)OC1. The highest BCUT2D eigenvalue weighted by atomic mass is 35.5. The highest BCUT2D eigenvalue weighted by Gasteiger charge is 2.29. The van der Waals surface area contributed by atoms with Gasteiger partial charge in [0.15, 0.2) is 0 Å². The van der Waals surface area contributed by atoms with Gasteiger partial charge in [-0.15, -0.1) is 0 Å². The predicted octanol–water partition coefficient (Wildman–Crippen LogP) is 7.54. The van der Waals surface area contributed by atoms with Gasteiger partial charge < -0.3 is 9.47 Å². The van der Waals surface area contributed by atoms with Crippen LogP contribution in [0.1, 0.15) is 51.0 Å². The summed E-state index contributed by atoms with van der Waals surface area (Å²) in [5.74, 6) is 1.70. The highest BCUT2D eigenvalue weighted by Crippen LogP contribution is 2.40. The first-order chi connectivity index (χ1) is 14.6. The van der Waals surface area contributed by atoms with Crippen LogP contribution in [0.25, 0.3) is 16.7 Å². The Bertz CT molecular complexity index is 898. The molecule has 3 unspecified atom stereocenters. The van der Waals surface area contributed by atoms with Crippen LogP contribution in [0.2, 0.25) is 5.02 Å². The van der Waals surface area contributed by atoms with Gasteiger partial charge in [-0.25, -0.2) is 4.39 Å². The van der Waals surface area contributed by atoms with Gasteiger partial charge in [0.25, 0.3) is 0 Å². The quantitative estimate of drug-likeness (QED) is 0.489. The third-order valence-electron chi connectivity index (χ3n) is 6.79. The van der Waals surface area contributed by atoms with Crippen LogP contribution in [0, 0.1) is 17.7 Å². The van der Waals surface area contributed by atoms with E-state index in [0.29, 0.717) is 23.1 Å². The minimum atomic E-state index is -0.325. The average Bonchev–Trinajstić information content (AvgIpc) is 2.81. The fourth-order valence-electron chi connectivity index (χ4n) is 4.75. The summed E-state index contributed by atoms with van der Waals surface area (Å²) in [4.78, 5) is 0. The van der Waals surface area contributed by atoms with Crippen molar-refractivity contribution in [1.82, 2.24) is 0 Å². The molecule has 2 aromatic rings. The van der Waals surface area contributed by atoms with Gasteiger partial charge in [0.1, 0.15) is 11.6 Å². The van der Waals surface area contributed by atoms with E-state index in [0.717, 1.165) is 55.1 Å². The fraction of sp³-hybridized carbons (Fsp3) is 0.462. The minimum Gasteiger partial charge on any atom is -0.497 e. The summed E-state index contributed by atoms with van der Waals surface area (Å²) in [6.07, 6.45) is 9.06. The Hall–Kier alpha value is -1.84. The van der Waals surface area contributed by atoms with Crippen LogP contribution in [0.4, 0.5) is 4.39 Å². The summed E-state index contributed by atoms with van der Waals surface area (Å²) in [5.41, 5.74) is 3.28. The molecule has 2 aromatic carbocycles. The van der Waals surface area contributed by atoms with Crippen LogP contribution in [-0.4, -0.2) is 19.8 Å². The Balaban J connectivity index is 1.48. The summed E-state index contributed by atoms with van der Waals surface area (Å²) in [6, 6.07) is 11.3. The maximum absolute atomic E-state index is 15.2. The Kier molecular flexibility index (Phi) is 6.80. The Labute approximate surface area is 184 Å². The van der Waals surface area contributed by atoms with Crippen LogP contribution in [0.5, 0.6) is 5.75 Å². The maximum atomic E-state index is 15.2. The molecule has 4 rings (SSSR count). The normalized spacial score (nSPS) is 24.4. The van der Waals surface area contributed by atoms with E-state index in [-0.39, 0.29) is 10.8 Å². The second kappa shape index (κ2) is 9.53. The van der Waals surface area contributed by atoms with E-state index < -0.39 is 0 Å². The molecule has 4 heteroatoms. The van der Waals surface area contributed by atoms with Crippen molar-refractivity contribution in [3.8, 4) is 16.9 Å². The lowest BCUT2D eigenvalue weighted by Gasteiger charge is -2.35. The number of ether oxygens (including phenoxy) is 2. The van der Waals surface area contributed by atoms with Gasteiger partial charge in [0.2, 0.25) is 0 Å². The van der Waals surface area contributed by atoms with Crippen molar-refractivity contribution >= 4 is 17.2 Å². The Morgan fingerprint density at radius 1 is 1.07 bits per heavy atom. The van der Waals surface area contributed by atoms with Gasteiger partial charge in [-0.05, 0) is 67.2 Å². The summed E-state index contributed by atoms with van der Waals surface area (Å²) >= 11 is 6.45. The first-order valence-corrected chi connectivity index (χ1v) is 11.4. The summed E-state index contributed by atoms with van der Waals surface area (Å²) < 4.78 is 26.5. The number of allylic oxidation sites excluding steroid dienone is 2. The maximum Gasteiger partial charge on any atom is 0.149 e. The molecule has 1 saturated heterocycles. The van der Waals surface area contributed by atoms with E-state index in [1.165, 1.54) is 12.8 Å². The number of benzene rings is 2. The number of methoxy groups -OCH3 is 1. The minimum absolute atomic E-state index is 0.182. The number of hydrogen-bond acceptors (Lipinski definition) is 2. The van der Waals surface area contributed by atoms with E-state index in [9.17, 15) is 0 Å². The van der Waals surface area contributed by atoms with Crippen molar-refractivity contribution < 1.29 is 13.9 Å². The molecular weight excluding hydrogens is 399 g/mol. The van der Waals surface area contributed by atoms with E-state index in [2.05, 4.69) is 13.0 Å². The monoisotopic (exact) mass is 428 g/mol. The van der Waals surface area contributed by atoms with Crippen molar-refractivity contribution in [2.24, 2.45) is 11.8 Å². The number of hydrogen-bond donors (Lipinski definition) is 0. The zero-order valence-corrected chi connectivity index (χ0v) is 18.6. The second-order valence-corrected chi connectivity index (χ2v) is 8.88. The van der Waals surface area contributed by atoms with Crippen molar-refractivity contribution in [1.29, 1.82) is 0 Å². The molecule has 30 heavy (non-hydrogen) atoms.